The lowest BCUT2D eigenvalue weighted by molar-refractivity contribution is 0.252. The fourth-order valence-electron chi connectivity index (χ4n) is 4.04. The number of hydrogen-bond donors (Lipinski definition) is 3. The van der Waals surface area contributed by atoms with Gasteiger partial charge in [0.15, 0.2) is 5.82 Å². The molecule has 4 aromatic heterocycles. The van der Waals surface area contributed by atoms with Crippen molar-refractivity contribution in [2.75, 3.05) is 17.6 Å². The molecule has 14 heteroatoms. The number of aromatic nitrogens is 6. The molecule has 0 spiro atoms. The molecule has 12 nitrogen and oxygen atoms in total. The van der Waals surface area contributed by atoms with Gasteiger partial charge in [0, 0.05) is 42.0 Å². The Morgan fingerprint density at radius 1 is 1.12 bits per heavy atom. The summed E-state index contributed by atoms with van der Waals surface area (Å²) in [7, 11) is 0. The average Bonchev–Trinajstić information content (AvgIpc) is 3.74. The van der Waals surface area contributed by atoms with Gasteiger partial charge in [-0.15, -0.1) is 28.2 Å². The summed E-state index contributed by atoms with van der Waals surface area (Å²) in [6, 6.07) is 13.2. The van der Waals surface area contributed by atoms with Crippen molar-refractivity contribution in [2.45, 2.75) is 13.0 Å². The van der Waals surface area contributed by atoms with E-state index in [1.807, 2.05) is 25.1 Å². The molecule has 1 unspecified atom stereocenters. The van der Waals surface area contributed by atoms with Crippen LogP contribution < -0.4 is 16.4 Å². The van der Waals surface area contributed by atoms with Crippen LogP contribution >= 0.6 is 23.1 Å². The highest BCUT2D eigenvalue weighted by atomic mass is 32.2. The van der Waals surface area contributed by atoms with Gasteiger partial charge in [0.05, 0.1) is 11.1 Å². The van der Waals surface area contributed by atoms with Gasteiger partial charge in [0.1, 0.15) is 21.4 Å². The fourth-order valence-corrected chi connectivity index (χ4v) is 6.16. The highest BCUT2D eigenvalue weighted by molar-refractivity contribution is 8.14. The van der Waals surface area contributed by atoms with Crippen LogP contribution in [-0.2, 0) is 0 Å². The Hall–Kier alpha value is -4.69. The third-order valence-electron chi connectivity index (χ3n) is 5.82. The lowest BCUT2D eigenvalue weighted by atomic mass is 10.1. The molecule has 0 aliphatic carbocycles. The molecule has 6 rings (SSSR count). The minimum absolute atomic E-state index is 0.0134. The number of carbonyl (C=O) groups excluding carboxylic acids is 1. The Balaban J connectivity index is 1.48. The number of thiazole rings is 1. The second-order valence-electron chi connectivity index (χ2n) is 8.46. The molecule has 0 fully saturated rings. The maximum absolute atomic E-state index is 12.2. The zero-order chi connectivity index (χ0) is 27.5. The van der Waals surface area contributed by atoms with Crippen LogP contribution in [0.1, 0.15) is 24.1 Å². The number of H-pyrrole nitrogens is 1. The molecular formula is C26H21N9O3S2. The minimum atomic E-state index is -0.684. The molecule has 40 heavy (non-hydrogen) atoms. The van der Waals surface area contributed by atoms with Gasteiger partial charge in [-0.25, -0.2) is 34.6 Å². The van der Waals surface area contributed by atoms with Crippen molar-refractivity contribution in [3.63, 3.8) is 0 Å². The number of carbonyl (C=O) groups is 1. The van der Waals surface area contributed by atoms with Crippen molar-refractivity contribution < 1.29 is 9.21 Å². The van der Waals surface area contributed by atoms with Gasteiger partial charge in [0.2, 0.25) is 0 Å². The number of aliphatic imine (C=N–C) groups is 1. The molecule has 1 aromatic carbocycles. The van der Waals surface area contributed by atoms with E-state index in [4.69, 9.17) is 14.4 Å². The number of thioether (sulfide) groups is 1. The van der Waals surface area contributed by atoms with Crippen LogP contribution in [0.2, 0.25) is 0 Å². The van der Waals surface area contributed by atoms with E-state index in [9.17, 15) is 9.59 Å². The summed E-state index contributed by atoms with van der Waals surface area (Å²) >= 11 is 2.88. The zero-order valence-electron chi connectivity index (χ0n) is 21.0. The normalized spacial score (nSPS) is 14.6. The number of anilines is 1. The van der Waals surface area contributed by atoms with E-state index in [2.05, 4.69) is 47.9 Å². The smallest absolute Gasteiger partial charge is 0.387 e. The molecule has 3 N–H and O–H groups in total. The summed E-state index contributed by atoms with van der Waals surface area (Å²) in [5.74, 6) is 0.892. The second-order valence-corrected chi connectivity index (χ2v) is 10.5. The quantitative estimate of drug-likeness (QED) is 0.257. The molecule has 0 saturated heterocycles. The van der Waals surface area contributed by atoms with Gasteiger partial charge >= 0.3 is 11.8 Å². The maximum Gasteiger partial charge on any atom is 0.434 e. The van der Waals surface area contributed by atoms with E-state index >= 15 is 0 Å². The number of pyridine rings is 1. The lowest BCUT2D eigenvalue weighted by Crippen LogP contribution is -2.28. The predicted molar refractivity (Wildman–Crippen MR) is 153 cm³/mol. The number of benzene rings is 1. The number of hydrogen-bond acceptors (Lipinski definition) is 11. The number of amides is 2. The van der Waals surface area contributed by atoms with E-state index in [-0.39, 0.29) is 18.0 Å². The van der Waals surface area contributed by atoms with Gasteiger partial charge in [-0.05, 0) is 24.6 Å². The van der Waals surface area contributed by atoms with Crippen LogP contribution in [0.25, 0.3) is 32.9 Å². The molecule has 5 heterocycles. The topological polar surface area (TPSA) is 164 Å². The second kappa shape index (κ2) is 11.2. The Morgan fingerprint density at radius 3 is 2.70 bits per heavy atom. The molecular weight excluding hydrogens is 550 g/mol. The van der Waals surface area contributed by atoms with Crippen molar-refractivity contribution >= 4 is 40.0 Å². The molecule has 0 saturated carbocycles. The molecule has 0 radical (unpaired) electrons. The van der Waals surface area contributed by atoms with Gasteiger partial charge in [-0.2, -0.15) is 0 Å². The summed E-state index contributed by atoms with van der Waals surface area (Å²) in [6.45, 7) is 2.32. The third-order valence-corrected chi connectivity index (χ3v) is 7.97. The first-order chi connectivity index (χ1) is 19.6. The summed E-state index contributed by atoms with van der Waals surface area (Å²) in [4.78, 5) is 47.5. The summed E-state index contributed by atoms with van der Waals surface area (Å²) < 4.78 is 5.25. The van der Waals surface area contributed by atoms with Crippen LogP contribution in [0.15, 0.2) is 75.3 Å². The van der Waals surface area contributed by atoms with Gasteiger partial charge < -0.3 is 9.73 Å². The van der Waals surface area contributed by atoms with Gasteiger partial charge in [-0.3, -0.25) is 10.3 Å². The highest BCUT2D eigenvalue weighted by Gasteiger charge is 2.27. The van der Waals surface area contributed by atoms with E-state index in [1.54, 1.807) is 42.5 Å². The van der Waals surface area contributed by atoms with Crippen LogP contribution in [0.3, 0.4) is 0 Å². The highest BCUT2D eigenvalue weighted by Crippen LogP contribution is 2.42. The molecule has 0 bridgehead atoms. The SMILES string of the molecule is CCNC(=O)Nc1cc(C2=NC(c3ccccc3)CS2)c(-c2nc(-c3ncccn3)c(-c3n[nH]c(=O)o3)s2)cn1. The van der Waals surface area contributed by atoms with Crippen molar-refractivity contribution in [3.05, 3.63) is 82.7 Å². The van der Waals surface area contributed by atoms with Crippen molar-refractivity contribution in [1.82, 2.24) is 35.5 Å². The Kier molecular flexibility index (Phi) is 7.16. The molecule has 2 amide bonds. The molecule has 1 atom stereocenters. The summed E-state index contributed by atoms with van der Waals surface area (Å²) in [6.07, 6.45) is 4.86. The Labute approximate surface area is 235 Å². The summed E-state index contributed by atoms with van der Waals surface area (Å²) in [5.41, 5.74) is 2.98. The largest absolute Gasteiger partial charge is 0.434 e. The molecule has 1 aliphatic rings. The molecule has 200 valence electrons. The van der Waals surface area contributed by atoms with Gasteiger partial charge in [-0.1, -0.05) is 30.3 Å². The lowest BCUT2D eigenvalue weighted by Gasteiger charge is -2.10. The number of nitrogens with one attached hydrogen (secondary N) is 3. The van der Waals surface area contributed by atoms with E-state index in [1.165, 1.54) is 11.3 Å². The van der Waals surface area contributed by atoms with E-state index < -0.39 is 5.76 Å². The Morgan fingerprint density at radius 2 is 1.95 bits per heavy atom. The molecule has 1 aliphatic heterocycles. The third kappa shape index (κ3) is 5.26. The summed E-state index contributed by atoms with van der Waals surface area (Å²) in [5, 5.41) is 13.1. The van der Waals surface area contributed by atoms with E-state index in [0.717, 1.165) is 21.9 Å². The van der Waals surface area contributed by atoms with Crippen molar-refractivity contribution in [1.29, 1.82) is 0 Å². The minimum Gasteiger partial charge on any atom is -0.387 e. The van der Waals surface area contributed by atoms with Crippen molar-refractivity contribution in [3.8, 4) is 32.9 Å². The molecule has 5 aromatic rings. The van der Waals surface area contributed by atoms with Crippen LogP contribution in [0.4, 0.5) is 10.6 Å². The van der Waals surface area contributed by atoms with Crippen LogP contribution in [0.5, 0.6) is 0 Å². The predicted octanol–water partition coefficient (Wildman–Crippen LogP) is 4.38. The number of aromatic amines is 1. The first-order valence-electron chi connectivity index (χ1n) is 12.2. The van der Waals surface area contributed by atoms with E-state index in [0.29, 0.717) is 39.3 Å². The monoisotopic (exact) mass is 571 g/mol. The standard InChI is InChI=1S/C26H21N9O3S2/c1-2-27-25(36)32-18-11-15(23-31-17(13-39-23)14-7-4-3-5-8-14)16(12-30-18)24-33-19(21-28-9-6-10-29-21)20(40-24)22-34-35-26(37)38-22/h3-12,17H,2,13H2,1H3,(H,35,37)(H2,27,30,32,36). The fraction of sp³-hybridized carbons (Fsp3) is 0.154. The Bertz CT molecular complexity index is 1750. The van der Waals surface area contributed by atoms with Crippen LogP contribution in [-0.4, -0.2) is 53.5 Å². The van der Waals surface area contributed by atoms with Gasteiger partial charge in [0.25, 0.3) is 5.89 Å². The average molecular weight is 572 g/mol. The van der Waals surface area contributed by atoms with Crippen LogP contribution in [0, 0.1) is 0 Å². The number of rotatable bonds is 7. The number of urea groups is 1. The first kappa shape index (κ1) is 25.6. The van der Waals surface area contributed by atoms with Crippen molar-refractivity contribution in [2.24, 2.45) is 4.99 Å². The zero-order valence-corrected chi connectivity index (χ0v) is 22.6. The number of nitrogens with zero attached hydrogens (tertiary/aromatic N) is 6. The maximum atomic E-state index is 12.2. The first-order valence-corrected chi connectivity index (χ1v) is 14.0.